The van der Waals surface area contributed by atoms with E-state index in [0.29, 0.717) is 6.42 Å². The zero-order valence-electron chi connectivity index (χ0n) is 4.90. The summed E-state index contributed by atoms with van der Waals surface area (Å²) >= 11 is 0. The van der Waals surface area contributed by atoms with Crippen LogP contribution in [-0.2, 0) is 0 Å². The van der Waals surface area contributed by atoms with Gasteiger partial charge in [-0.05, 0) is 12.3 Å². The summed E-state index contributed by atoms with van der Waals surface area (Å²) in [6, 6.07) is 0. The molecule has 1 fully saturated rings. The van der Waals surface area contributed by atoms with E-state index in [2.05, 4.69) is 0 Å². The molecule has 0 saturated heterocycles. The molecule has 0 aromatic heterocycles. The summed E-state index contributed by atoms with van der Waals surface area (Å²) in [7, 11) is 0. The van der Waals surface area contributed by atoms with Gasteiger partial charge in [0.2, 0.25) is 0 Å². The first kappa shape index (κ1) is 5.99. The Morgan fingerprint density at radius 1 is 1.25 bits per heavy atom. The Hall–Kier alpha value is -0.140. The van der Waals surface area contributed by atoms with Crippen LogP contribution in [0.15, 0.2) is 0 Å². The van der Waals surface area contributed by atoms with Crippen molar-refractivity contribution in [2.24, 2.45) is 5.92 Å². The average Bonchev–Trinajstić information content (AvgIpc) is 1.85. The van der Waals surface area contributed by atoms with E-state index < -0.39 is 12.3 Å². The fourth-order valence-corrected chi connectivity index (χ4v) is 1.12. The van der Waals surface area contributed by atoms with Gasteiger partial charge in [-0.15, -0.1) is 0 Å². The third-order valence-electron chi connectivity index (χ3n) is 1.73. The maximum Gasteiger partial charge on any atom is 0.106 e. The number of halogens is 2. The molecule has 0 heterocycles. The summed E-state index contributed by atoms with van der Waals surface area (Å²) in [5, 5.41) is 0. The van der Waals surface area contributed by atoms with Crippen LogP contribution in [-0.4, -0.2) is 12.3 Å². The molecule has 0 aromatic carbocycles. The Morgan fingerprint density at radius 2 is 1.88 bits per heavy atom. The molecule has 8 heavy (non-hydrogen) atoms. The molecule has 0 nitrogen and oxygen atoms in total. The van der Waals surface area contributed by atoms with Gasteiger partial charge in [-0.1, -0.05) is 6.92 Å². The van der Waals surface area contributed by atoms with E-state index in [1.807, 2.05) is 0 Å². The SMILES string of the molecule is C[C@@H]1C[C@H](F)C[C@@H]1F. The van der Waals surface area contributed by atoms with Crippen molar-refractivity contribution in [1.82, 2.24) is 0 Å². The minimum Gasteiger partial charge on any atom is -0.247 e. The number of hydrogen-bond donors (Lipinski definition) is 0. The van der Waals surface area contributed by atoms with Crippen LogP contribution in [0, 0.1) is 5.92 Å². The van der Waals surface area contributed by atoms with Crippen molar-refractivity contribution < 1.29 is 8.78 Å². The smallest absolute Gasteiger partial charge is 0.106 e. The van der Waals surface area contributed by atoms with Crippen LogP contribution in [0.1, 0.15) is 19.8 Å². The lowest BCUT2D eigenvalue weighted by molar-refractivity contribution is 0.268. The van der Waals surface area contributed by atoms with Crippen LogP contribution in [0.2, 0.25) is 0 Å². The zero-order chi connectivity index (χ0) is 6.15. The molecule has 0 aliphatic heterocycles. The summed E-state index contributed by atoms with van der Waals surface area (Å²) in [5.74, 6) is -0.0509. The molecule has 1 aliphatic rings. The lowest BCUT2D eigenvalue weighted by Crippen LogP contribution is -2.01. The first-order valence-corrected chi connectivity index (χ1v) is 2.98. The zero-order valence-corrected chi connectivity index (χ0v) is 4.90. The third-order valence-corrected chi connectivity index (χ3v) is 1.73. The van der Waals surface area contributed by atoms with E-state index in [0.717, 1.165) is 0 Å². The lowest BCUT2D eigenvalue weighted by atomic mass is 10.1. The average molecular weight is 120 g/mol. The van der Waals surface area contributed by atoms with Crippen LogP contribution >= 0.6 is 0 Å². The second-order valence-corrected chi connectivity index (χ2v) is 2.56. The highest BCUT2D eigenvalue weighted by atomic mass is 19.1. The van der Waals surface area contributed by atoms with E-state index in [9.17, 15) is 8.78 Å². The summed E-state index contributed by atoms with van der Waals surface area (Å²) < 4.78 is 24.5. The maximum absolute atomic E-state index is 12.3. The summed E-state index contributed by atoms with van der Waals surface area (Å²) in [6.45, 7) is 1.75. The highest BCUT2D eigenvalue weighted by Gasteiger charge is 2.30. The third kappa shape index (κ3) is 0.984. The maximum atomic E-state index is 12.3. The van der Waals surface area contributed by atoms with Gasteiger partial charge in [0.15, 0.2) is 0 Å². The molecule has 0 amide bonds. The molecule has 1 rings (SSSR count). The minimum absolute atomic E-state index is 0.0509. The van der Waals surface area contributed by atoms with Crippen LogP contribution in [0.4, 0.5) is 8.78 Å². The number of rotatable bonds is 0. The van der Waals surface area contributed by atoms with Gasteiger partial charge < -0.3 is 0 Å². The van der Waals surface area contributed by atoms with Crippen molar-refractivity contribution in [3.8, 4) is 0 Å². The van der Waals surface area contributed by atoms with Crippen molar-refractivity contribution in [2.75, 3.05) is 0 Å². The van der Waals surface area contributed by atoms with E-state index in [-0.39, 0.29) is 12.3 Å². The van der Waals surface area contributed by atoms with Gasteiger partial charge in [0.1, 0.15) is 12.3 Å². The monoisotopic (exact) mass is 120 g/mol. The lowest BCUT2D eigenvalue weighted by Gasteiger charge is -2.00. The first-order valence-electron chi connectivity index (χ1n) is 2.98. The molecule has 3 atom stereocenters. The van der Waals surface area contributed by atoms with Gasteiger partial charge in [-0.3, -0.25) is 0 Å². The molecule has 0 bridgehead atoms. The van der Waals surface area contributed by atoms with Crippen molar-refractivity contribution in [3.05, 3.63) is 0 Å². The molecule has 48 valence electrons. The largest absolute Gasteiger partial charge is 0.247 e. The fraction of sp³-hybridized carbons (Fsp3) is 1.00. The molecule has 1 saturated carbocycles. The first-order chi connectivity index (χ1) is 3.70. The Balaban J connectivity index is 2.39. The highest BCUT2D eigenvalue weighted by Crippen LogP contribution is 2.29. The number of alkyl halides is 2. The fourth-order valence-electron chi connectivity index (χ4n) is 1.12. The summed E-state index contributed by atoms with van der Waals surface area (Å²) in [5.41, 5.74) is 0. The number of hydrogen-bond acceptors (Lipinski definition) is 0. The molecule has 2 heteroatoms. The van der Waals surface area contributed by atoms with E-state index in [4.69, 9.17) is 0 Å². The van der Waals surface area contributed by atoms with Crippen LogP contribution < -0.4 is 0 Å². The van der Waals surface area contributed by atoms with Gasteiger partial charge in [-0.25, -0.2) is 8.78 Å². The molecule has 0 N–H and O–H groups in total. The minimum atomic E-state index is -0.884. The van der Waals surface area contributed by atoms with Crippen LogP contribution in [0.5, 0.6) is 0 Å². The normalized spacial score (nSPS) is 47.6. The van der Waals surface area contributed by atoms with Crippen molar-refractivity contribution >= 4 is 0 Å². The van der Waals surface area contributed by atoms with Crippen molar-refractivity contribution in [1.29, 1.82) is 0 Å². The molecular weight excluding hydrogens is 110 g/mol. The predicted octanol–water partition coefficient (Wildman–Crippen LogP) is 2.09. The molecule has 0 unspecified atom stereocenters. The summed E-state index contributed by atoms with van der Waals surface area (Å²) in [6.07, 6.45) is -1.22. The Morgan fingerprint density at radius 3 is 2.00 bits per heavy atom. The predicted molar refractivity (Wildman–Crippen MR) is 28.2 cm³/mol. The molecule has 1 aliphatic carbocycles. The topological polar surface area (TPSA) is 0 Å². The highest BCUT2D eigenvalue weighted by molar-refractivity contribution is 4.80. The van der Waals surface area contributed by atoms with Gasteiger partial charge in [0.25, 0.3) is 0 Å². The second kappa shape index (κ2) is 2.00. The van der Waals surface area contributed by atoms with E-state index >= 15 is 0 Å². The molecule has 0 aromatic rings. The van der Waals surface area contributed by atoms with Gasteiger partial charge in [0.05, 0.1) is 0 Å². The van der Waals surface area contributed by atoms with E-state index in [1.54, 1.807) is 6.92 Å². The van der Waals surface area contributed by atoms with Crippen molar-refractivity contribution in [3.63, 3.8) is 0 Å². The molecule has 0 radical (unpaired) electrons. The molecular formula is C6H10F2. The molecule has 0 spiro atoms. The van der Waals surface area contributed by atoms with Crippen LogP contribution in [0.25, 0.3) is 0 Å². The van der Waals surface area contributed by atoms with Gasteiger partial charge in [0, 0.05) is 6.42 Å². The summed E-state index contributed by atoms with van der Waals surface area (Å²) in [4.78, 5) is 0. The van der Waals surface area contributed by atoms with Crippen molar-refractivity contribution in [2.45, 2.75) is 32.1 Å². The van der Waals surface area contributed by atoms with Gasteiger partial charge in [-0.2, -0.15) is 0 Å². The quantitative estimate of drug-likeness (QED) is 0.459. The van der Waals surface area contributed by atoms with Crippen LogP contribution in [0.3, 0.4) is 0 Å². The second-order valence-electron chi connectivity index (χ2n) is 2.56. The Kier molecular flexibility index (Phi) is 1.49. The standard InChI is InChI=1S/C6H10F2/c1-4-2-5(7)3-6(4)8/h4-6H,2-3H2,1H3/t4-,5+,6+/m1/s1. The van der Waals surface area contributed by atoms with E-state index in [1.165, 1.54) is 0 Å². The Bertz CT molecular complexity index is 72.6. The van der Waals surface area contributed by atoms with Gasteiger partial charge >= 0.3 is 0 Å². The Labute approximate surface area is 47.9 Å².